The summed E-state index contributed by atoms with van der Waals surface area (Å²) >= 11 is 0. The SMILES string of the molecule is CCc1cccc2c(C(CC(=O)NC(C)CCc3ccccc3)c3ccc(F)cc3)c[nH]c12. The number of carbonyl (C=O) groups is 1. The molecule has 0 bridgehead atoms. The maximum Gasteiger partial charge on any atom is 0.221 e. The van der Waals surface area contributed by atoms with Crippen molar-refractivity contribution in [2.45, 2.75) is 51.5 Å². The molecule has 2 N–H and O–H groups in total. The van der Waals surface area contributed by atoms with Crippen molar-refractivity contribution in [2.75, 3.05) is 0 Å². The zero-order chi connectivity index (χ0) is 23.2. The summed E-state index contributed by atoms with van der Waals surface area (Å²) in [5.74, 6) is -0.428. The van der Waals surface area contributed by atoms with Crippen LogP contribution in [-0.2, 0) is 17.6 Å². The van der Waals surface area contributed by atoms with Gasteiger partial charge in [0.2, 0.25) is 5.91 Å². The van der Waals surface area contributed by atoms with Crippen LogP contribution < -0.4 is 5.32 Å². The van der Waals surface area contributed by atoms with Gasteiger partial charge in [-0.05, 0) is 60.6 Å². The Labute approximate surface area is 195 Å². The smallest absolute Gasteiger partial charge is 0.221 e. The third kappa shape index (κ3) is 5.51. The Morgan fingerprint density at radius 1 is 1.00 bits per heavy atom. The van der Waals surface area contributed by atoms with E-state index in [0.717, 1.165) is 41.3 Å². The van der Waals surface area contributed by atoms with E-state index < -0.39 is 0 Å². The zero-order valence-electron chi connectivity index (χ0n) is 19.3. The molecule has 0 radical (unpaired) electrons. The molecule has 4 aromatic rings. The van der Waals surface area contributed by atoms with Gasteiger partial charge in [0.05, 0.1) is 0 Å². The number of aryl methyl sites for hydroxylation is 2. The second-order valence-corrected chi connectivity index (χ2v) is 8.74. The Bertz CT molecular complexity index is 1200. The average Bonchev–Trinajstić information content (AvgIpc) is 3.26. The molecule has 0 saturated carbocycles. The zero-order valence-corrected chi connectivity index (χ0v) is 19.3. The first kappa shape index (κ1) is 22.8. The van der Waals surface area contributed by atoms with Crippen molar-refractivity contribution in [2.24, 2.45) is 0 Å². The van der Waals surface area contributed by atoms with E-state index in [0.29, 0.717) is 6.42 Å². The Hall–Kier alpha value is -3.40. The molecule has 0 spiro atoms. The van der Waals surface area contributed by atoms with Crippen LogP contribution in [0.4, 0.5) is 4.39 Å². The van der Waals surface area contributed by atoms with Crippen LogP contribution in [0.25, 0.3) is 10.9 Å². The molecular formula is C29H31FN2O. The van der Waals surface area contributed by atoms with Gasteiger partial charge in [0.15, 0.2) is 0 Å². The number of hydrogen-bond donors (Lipinski definition) is 2. The third-order valence-corrected chi connectivity index (χ3v) is 6.37. The molecule has 33 heavy (non-hydrogen) atoms. The van der Waals surface area contributed by atoms with E-state index in [1.165, 1.54) is 23.3 Å². The highest BCUT2D eigenvalue weighted by atomic mass is 19.1. The molecule has 4 heteroatoms. The minimum Gasteiger partial charge on any atom is -0.361 e. The second-order valence-electron chi connectivity index (χ2n) is 8.74. The fourth-order valence-corrected chi connectivity index (χ4v) is 4.54. The van der Waals surface area contributed by atoms with Gasteiger partial charge in [-0.3, -0.25) is 4.79 Å². The van der Waals surface area contributed by atoms with E-state index in [1.54, 1.807) is 12.1 Å². The van der Waals surface area contributed by atoms with Crippen molar-refractivity contribution in [3.63, 3.8) is 0 Å². The lowest BCUT2D eigenvalue weighted by atomic mass is 9.87. The van der Waals surface area contributed by atoms with Crippen molar-refractivity contribution in [1.82, 2.24) is 10.3 Å². The number of para-hydroxylation sites is 1. The number of aromatic amines is 1. The van der Waals surface area contributed by atoms with Crippen LogP contribution in [0.3, 0.4) is 0 Å². The quantitative estimate of drug-likeness (QED) is 0.304. The minimum absolute atomic E-state index is 0.00545. The van der Waals surface area contributed by atoms with Gasteiger partial charge in [-0.2, -0.15) is 0 Å². The van der Waals surface area contributed by atoms with Crippen LogP contribution in [0.5, 0.6) is 0 Å². The minimum atomic E-state index is -0.274. The predicted octanol–water partition coefficient (Wildman–Crippen LogP) is 6.53. The second kappa shape index (κ2) is 10.5. The van der Waals surface area contributed by atoms with E-state index in [-0.39, 0.29) is 23.7 Å². The summed E-state index contributed by atoms with van der Waals surface area (Å²) in [5.41, 5.74) is 5.63. The molecule has 0 saturated heterocycles. The molecular weight excluding hydrogens is 411 g/mol. The molecule has 1 aromatic heterocycles. The van der Waals surface area contributed by atoms with Gasteiger partial charge in [0.1, 0.15) is 5.82 Å². The number of fused-ring (bicyclic) bond motifs is 1. The topological polar surface area (TPSA) is 44.9 Å². The maximum atomic E-state index is 13.6. The molecule has 0 aliphatic carbocycles. The lowest BCUT2D eigenvalue weighted by Gasteiger charge is -2.20. The molecule has 1 heterocycles. The summed E-state index contributed by atoms with van der Waals surface area (Å²) in [6.45, 7) is 4.18. The number of halogens is 1. The Morgan fingerprint density at radius 2 is 1.76 bits per heavy atom. The Kier molecular flexibility index (Phi) is 7.23. The lowest BCUT2D eigenvalue weighted by Crippen LogP contribution is -2.33. The molecule has 170 valence electrons. The molecule has 2 atom stereocenters. The maximum absolute atomic E-state index is 13.6. The highest BCUT2D eigenvalue weighted by Crippen LogP contribution is 2.34. The molecule has 2 unspecified atom stereocenters. The monoisotopic (exact) mass is 442 g/mol. The normalized spacial score (nSPS) is 13.1. The van der Waals surface area contributed by atoms with Crippen LogP contribution in [-0.4, -0.2) is 16.9 Å². The first-order chi connectivity index (χ1) is 16.0. The van der Waals surface area contributed by atoms with Crippen molar-refractivity contribution in [1.29, 1.82) is 0 Å². The van der Waals surface area contributed by atoms with Gasteiger partial charge in [-0.1, -0.05) is 67.6 Å². The van der Waals surface area contributed by atoms with Crippen LogP contribution in [0.2, 0.25) is 0 Å². The molecule has 0 aliphatic rings. The molecule has 4 rings (SSSR count). The molecule has 0 aliphatic heterocycles. The number of benzene rings is 3. The van der Waals surface area contributed by atoms with Gasteiger partial charge in [0.25, 0.3) is 0 Å². The molecule has 0 fully saturated rings. The van der Waals surface area contributed by atoms with Crippen molar-refractivity contribution in [3.8, 4) is 0 Å². The fourth-order valence-electron chi connectivity index (χ4n) is 4.54. The van der Waals surface area contributed by atoms with E-state index in [1.807, 2.05) is 31.3 Å². The number of amides is 1. The highest BCUT2D eigenvalue weighted by molar-refractivity contribution is 5.88. The summed E-state index contributed by atoms with van der Waals surface area (Å²) in [4.78, 5) is 16.5. The highest BCUT2D eigenvalue weighted by Gasteiger charge is 2.23. The van der Waals surface area contributed by atoms with Gasteiger partial charge in [-0.15, -0.1) is 0 Å². The van der Waals surface area contributed by atoms with Crippen molar-refractivity contribution in [3.05, 3.63) is 107 Å². The molecule has 3 nitrogen and oxygen atoms in total. The Balaban J connectivity index is 1.53. The number of aromatic nitrogens is 1. The summed E-state index contributed by atoms with van der Waals surface area (Å²) < 4.78 is 13.6. The summed E-state index contributed by atoms with van der Waals surface area (Å²) in [5, 5.41) is 4.29. The first-order valence-corrected chi connectivity index (χ1v) is 11.7. The van der Waals surface area contributed by atoms with Gasteiger partial charge in [0, 0.05) is 35.5 Å². The van der Waals surface area contributed by atoms with Crippen molar-refractivity contribution < 1.29 is 9.18 Å². The largest absolute Gasteiger partial charge is 0.361 e. The van der Waals surface area contributed by atoms with Gasteiger partial charge >= 0.3 is 0 Å². The predicted molar refractivity (Wildman–Crippen MR) is 133 cm³/mol. The number of rotatable bonds is 9. The van der Waals surface area contributed by atoms with E-state index in [9.17, 15) is 9.18 Å². The number of nitrogens with one attached hydrogen (secondary N) is 2. The average molecular weight is 443 g/mol. The number of H-pyrrole nitrogens is 1. The standard InChI is InChI=1S/C29H31FN2O/c1-3-22-10-7-11-25-27(19-31-29(22)25)26(23-14-16-24(30)17-15-23)18-28(33)32-20(2)12-13-21-8-5-4-6-9-21/h4-11,14-17,19-20,26,31H,3,12-13,18H2,1-2H3,(H,32,33). The third-order valence-electron chi connectivity index (χ3n) is 6.37. The van der Waals surface area contributed by atoms with Crippen LogP contribution in [0.1, 0.15) is 54.9 Å². The fraction of sp³-hybridized carbons (Fsp3) is 0.276. The summed E-state index contributed by atoms with van der Waals surface area (Å²) in [6, 6.07) is 23.2. The summed E-state index contributed by atoms with van der Waals surface area (Å²) in [7, 11) is 0. The molecule has 3 aromatic carbocycles. The molecule has 1 amide bonds. The van der Waals surface area contributed by atoms with E-state index >= 15 is 0 Å². The van der Waals surface area contributed by atoms with Gasteiger partial charge < -0.3 is 10.3 Å². The van der Waals surface area contributed by atoms with Crippen LogP contribution in [0.15, 0.2) is 79.0 Å². The van der Waals surface area contributed by atoms with Crippen LogP contribution >= 0.6 is 0 Å². The van der Waals surface area contributed by atoms with E-state index in [2.05, 4.69) is 47.6 Å². The number of carbonyl (C=O) groups excluding carboxylic acids is 1. The van der Waals surface area contributed by atoms with Crippen molar-refractivity contribution >= 4 is 16.8 Å². The number of hydrogen-bond acceptors (Lipinski definition) is 1. The summed E-state index contributed by atoms with van der Waals surface area (Å²) in [6.07, 6.45) is 5.04. The Morgan fingerprint density at radius 3 is 2.48 bits per heavy atom. The van der Waals surface area contributed by atoms with Gasteiger partial charge in [-0.25, -0.2) is 4.39 Å². The first-order valence-electron chi connectivity index (χ1n) is 11.7. The van der Waals surface area contributed by atoms with Crippen LogP contribution in [0, 0.1) is 5.82 Å². The van der Waals surface area contributed by atoms with E-state index in [4.69, 9.17) is 0 Å². The lowest BCUT2D eigenvalue weighted by molar-refractivity contribution is -0.121.